The van der Waals surface area contributed by atoms with Crippen molar-refractivity contribution < 1.29 is 9.21 Å². The zero-order valence-electron chi connectivity index (χ0n) is 6.13. The predicted octanol–water partition coefficient (Wildman–Crippen LogP) is -0.459. The van der Waals surface area contributed by atoms with Gasteiger partial charge in [-0.05, 0) is 6.92 Å². The molecule has 1 amide bonds. The average molecular weight is 155 g/mol. The average Bonchev–Trinajstić information content (AvgIpc) is 2.30. The Balaban J connectivity index is 3.07. The van der Waals surface area contributed by atoms with E-state index < -0.39 is 5.91 Å². The molecule has 0 aliphatic rings. The van der Waals surface area contributed by atoms with Gasteiger partial charge in [0, 0.05) is 0 Å². The summed E-state index contributed by atoms with van der Waals surface area (Å²) in [5, 5.41) is 0. The van der Waals surface area contributed by atoms with Gasteiger partial charge in [0.15, 0.2) is 0 Å². The van der Waals surface area contributed by atoms with E-state index in [1.807, 2.05) is 0 Å². The zero-order valence-corrected chi connectivity index (χ0v) is 6.13. The van der Waals surface area contributed by atoms with E-state index in [9.17, 15) is 4.79 Å². The highest BCUT2D eigenvalue weighted by molar-refractivity contribution is 5.90. The van der Waals surface area contributed by atoms with Crippen molar-refractivity contribution in [2.75, 3.05) is 0 Å². The molecule has 5 heteroatoms. The molecule has 1 rings (SSSR count). The van der Waals surface area contributed by atoms with Crippen molar-refractivity contribution in [2.24, 2.45) is 11.5 Å². The number of hydrogen-bond acceptors (Lipinski definition) is 4. The van der Waals surface area contributed by atoms with E-state index in [2.05, 4.69) is 4.98 Å². The Morgan fingerprint density at radius 2 is 2.36 bits per heavy atom. The molecule has 1 heterocycles. The largest absolute Gasteiger partial charge is 0.434 e. The number of nitrogens with zero attached hydrogens (tertiary/aromatic N) is 1. The van der Waals surface area contributed by atoms with Gasteiger partial charge in [-0.25, -0.2) is 4.98 Å². The molecule has 0 atom stereocenters. The Bertz CT molecular complexity index is 279. The van der Waals surface area contributed by atoms with Crippen LogP contribution in [-0.2, 0) is 6.54 Å². The first-order chi connectivity index (χ1) is 5.15. The number of primary amides is 1. The lowest BCUT2D eigenvalue weighted by molar-refractivity contribution is 0.0971. The summed E-state index contributed by atoms with van der Waals surface area (Å²) in [5.41, 5.74) is 10.7. The van der Waals surface area contributed by atoms with Crippen LogP contribution < -0.4 is 11.5 Å². The van der Waals surface area contributed by atoms with Crippen LogP contribution in [0, 0.1) is 6.92 Å². The van der Waals surface area contributed by atoms with Crippen molar-refractivity contribution in [3.8, 4) is 0 Å². The summed E-state index contributed by atoms with van der Waals surface area (Å²) in [4.78, 5) is 14.5. The maximum atomic E-state index is 10.6. The number of amides is 1. The summed E-state index contributed by atoms with van der Waals surface area (Å²) in [5.74, 6) is -0.198. The van der Waals surface area contributed by atoms with Gasteiger partial charge in [0.25, 0.3) is 5.91 Å². The molecule has 0 unspecified atom stereocenters. The number of hydrogen-bond donors (Lipinski definition) is 2. The standard InChI is InChI=1S/C6H9N3O2/c1-3-5(6(8)10)11-4(2-7)9-3/h2,7H2,1H3,(H2,8,10). The van der Waals surface area contributed by atoms with E-state index in [4.69, 9.17) is 15.9 Å². The van der Waals surface area contributed by atoms with Crippen LogP contribution in [0.15, 0.2) is 4.42 Å². The summed E-state index contributed by atoms with van der Waals surface area (Å²) in [6, 6.07) is 0. The number of carbonyl (C=O) groups is 1. The first-order valence-corrected chi connectivity index (χ1v) is 3.11. The molecule has 0 bridgehead atoms. The highest BCUT2D eigenvalue weighted by Crippen LogP contribution is 2.07. The fourth-order valence-corrected chi connectivity index (χ4v) is 0.768. The zero-order chi connectivity index (χ0) is 8.43. The Morgan fingerprint density at radius 1 is 1.73 bits per heavy atom. The molecule has 0 radical (unpaired) electrons. The van der Waals surface area contributed by atoms with Crippen LogP contribution in [0.4, 0.5) is 0 Å². The maximum Gasteiger partial charge on any atom is 0.286 e. The molecule has 0 saturated heterocycles. The SMILES string of the molecule is Cc1nc(CN)oc1C(N)=O. The molecule has 0 aliphatic heterocycles. The van der Waals surface area contributed by atoms with Crippen LogP contribution in [0.2, 0.25) is 0 Å². The summed E-state index contributed by atoms with van der Waals surface area (Å²) in [6.07, 6.45) is 0. The Labute approximate surface area is 63.4 Å². The molecule has 0 spiro atoms. The third-order valence-corrected chi connectivity index (χ3v) is 1.24. The number of rotatable bonds is 2. The van der Waals surface area contributed by atoms with Crippen LogP contribution >= 0.6 is 0 Å². The van der Waals surface area contributed by atoms with Crippen LogP contribution in [0.25, 0.3) is 0 Å². The van der Waals surface area contributed by atoms with E-state index >= 15 is 0 Å². The molecule has 0 fully saturated rings. The van der Waals surface area contributed by atoms with Crippen molar-refractivity contribution >= 4 is 5.91 Å². The second kappa shape index (κ2) is 2.71. The Kier molecular flexibility index (Phi) is 1.91. The third kappa shape index (κ3) is 1.38. The number of nitrogens with two attached hydrogens (primary N) is 2. The number of aromatic nitrogens is 1. The first-order valence-electron chi connectivity index (χ1n) is 3.11. The van der Waals surface area contributed by atoms with Crippen molar-refractivity contribution in [3.05, 3.63) is 17.3 Å². The van der Waals surface area contributed by atoms with Crippen LogP contribution in [0.5, 0.6) is 0 Å². The predicted molar refractivity (Wildman–Crippen MR) is 37.6 cm³/mol. The highest BCUT2D eigenvalue weighted by Gasteiger charge is 2.12. The fraction of sp³-hybridized carbons (Fsp3) is 0.333. The summed E-state index contributed by atoms with van der Waals surface area (Å²) in [6.45, 7) is 1.82. The topological polar surface area (TPSA) is 95.1 Å². The molecule has 1 aromatic rings. The van der Waals surface area contributed by atoms with Gasteiger partial charge in [-0.1, -0.05) is 0 Å². The molecular formula is C6H9N3O2. The van der Waals surface area contributed by atoms with Gasteiger partial charge in [0.1, 0.15) is 0 Å². The van der Waals surface area contributed by atoms with Crippen molar-refractivity contribution in [1.29, 1.82) is 0 Å². The minimum absolute atomic E-state index is 0.0884. The first kappa shape index (κ1) is 7.74. The van der Waals surface area contributed by atoms with Gasteiger partial charge >= 0.3 is 0 Å². The molecule has 5 nitrogen and oxygen atoms in total. The van der Waals surface area contributed by atoms with Gasteiger partial charge in [-0.3, -0.25) is 4.79 Å². The summed E-state index contributed by atoms with van der Waals surface area (Å²) in [7, 11) is 0. The van der Waals surface area contributed by atoms with Crippen molar-refractivity contribution in [2.45, 2.75) is 13.5 Å². The van der Waals surface area contributed by atoms with Gasteiger partial charge in [0.05, 0.1) is 12.2 Å². The van der Waals surface area contributed by atoms with E-state index in [1.165, 1.54) is 0 Å². The number of carbonyl (C=O) groups excluding carboxylic acids is 1. The minimum atomic E-state index is -0.616. The molecule has 11 heavy (non-hydrogen) atoms. The van der Waals surface area contributed by atoms with Crippen molar-refractivity contribution in [1.82, 2.24) is 4.98 Å². The lowest BCUT2D eigenvalue weighted by Gasteiger charge is -1.86. The lowest BCUT2D eigenvalue weighted by Crippen LogP contribution is -2.11. The van der Waals surface area contributed by atoms with E-state index in [-0.39, 0.29) is 12.3 Å². The Morgan fingerprint density at radius 3 is 2.64 bits per heavy atom. The van der Waals surface area contributed by atoms with Gasteiger partial charge in [0.2, 0.25) is 11.7 Å². The van der Waals surface area contributed by atoms with Gasteiger partial charge < -0.3 is 15.9 Å². The second-order valence-corrected chi connectivity index (χ2v) is 2.09. The molecule has 0 aromatic carbocycles. The Hall–Kier alpha value is -1.36. The minimum Gasteiger partial charge on any atom is -0.434 e. The molecule has 1 aromatic heterocycles. The molecule has 60 valence electrons. The van der Waals surface area contributed by atoms with Crippen LogP contribution in [0.1, 0.15) is 22.1 Å². The van der Waals surface area contributed by atoms with Gasteiger partial charge in [-0.2, -0.15) is 0 Å². The van der Waals surface area contributed by atoms with Crippen molar-refractivity contribution in [3.63, 3.8) is 0 Å². The van der Waals surface area contributed by atoms with E-state index in [0.717, 1.165) is 0 Å². The molecule has 0 saturated carbocycles. The summed E-state index contributed by atoms with van der Waals surface area (Å²) >= 11 is 0. The maximum absolute atomic E-state index is 10.6. The normalized spacial score (nSPS) is 10.0. The molecule has 4 N–H and O–H groups in total. The smallest absolute Gasteiger partial charge is 0.286 e. The summed E-state index contributed by atoms with van der Waals surface area (Å²) < 4.78 is 4.91. The van der Waals surface area contributed by atoms with Gasteiger partial charge in [-0.15, -0.1) is 0 Å². The molecule has 0 aliphatic carbocycles. The second-order valence-electron chi connectivity index (χ2n) is 2.09. The quantitative estimate of drug-likeness (QED) is 0.604. The lowest BCUT2D eigenvalue weighted by atomic mass is 10.4. The third-order valence-electron chi connectivity index (χ3n) is 1.24. The van der Waals surface area contributed by atoms with E-state index in [0.29, 0.717) is 11.6 Å². The van der Waals surface area contributed by atoms with E-state index in [1.54, 1.807) is 6.92 Å². The monoisotopic (exact) mass is 155 g/mol. The van der Waals surface area contributed by atoms with Crippen LogP contribution in [-0.4, -0.2) is 10.9 Å². The molecular weight excluding hydrogens is 146 g/mol. The number of aryl methyl sites for hydroxylation is 1. The number of oxazole rings is 1. The highest BCUT2D eigenvalue weighted by atomic mass is 16.4. The van der Waals surface area contributed by atoms with Crippen LogP contribution in [0.3, 0.4) is 0 Å². The fourth-order valence-electron chi connectivity index (χ4n) is 0.768.